The van der Waals surface area contributed by atoms with Crippen molar-refractivity contribution in [3.63, 3.8) is 0 Å². The van der Waals surface area contributed by atoms with Crippen LogP contribution in [-0.4, -0.2) is 25.8 Å². The number of hydrogen-bond acceptors (Lipinski definition) is 5. The van der Waals surface area contributed by atoms with Crippen LogP contribution in [0.15, 0.2) is 71.5 Å². The molecular formula is C20H16N4O3. The molecule has 0 amide bonds. The van der Waals surface area contributed by atoms with Crippen molar-refractivity contribution >= 4 is 17.7 Å². The van der Waals surface area contributed by atoms with Gasteiger partial charge >= 0.3 is 5.97 Å². The summed E-state index contributed by atoms with van der Waals surface area (Å²) in [7, 11) is 0. The first-order valence-corrected chi connectivity index (χ1v) is 8.27. The maximum absolute atomic E-state index is 11.1. The number of oxazole rings is 1. The molecule has 0 bridgehead atoms. The third-order valence-corrected chi connectivity index (χ3v) is 4.15. The molecule has 134 valence electrons. The zero-order valence-corrected chi connectivity index (χ0v) is 14.5. The first-order valence-electron chi connectivity index (χ1n) is 8.27. The lowest BCUT2D eigenvalue weighted by molar-refractivity contribution is 0.0697. The van der Waals surface area contributed by atoms with E-state index in [1.807, 2.05) is 43.5 Å². The van der Waals surface area contributed by atoms with E-state index in [2.05, 4.69) is 15.4 Å². The van der Waals surface area contributed by atoms with Gasteiger partial charge in [0.25, 0.3) is 6.01 Å². The lowest BCUT2D eigenvalue weighted by atomic mass is 10.1. The molecule has 0 aliphatic carbocycles. The number of rotatable bonds is 5. The van der Waals surface area contributed by atoms with Gasteiger partial charge in [0.1, 0.15) is 0 Å². The predicted octanol–water partition coefficient (Wildman–Crippen LogP) is 4.28. The molecule has 2 aromatic carbocycles. The fourth-order valence-electron chi connectivity index (χ4n) is 2.67. The van der Waals surface area contributed by atoms with Crippen LogP contribution in [0.2, 0.25) is 0 Å². The fraction of sp³-hybridized carbons (Fsp3) is 0.0500. The summed E-state index contributed by atoms with van der Waals surface area (Å²) in [4.78, 5) is 15.4. The molecule has 0 atom stereocenters. The van der Waals surface area contributed by atoms with Crippen molar-refractivity contribution in [3.8, 4) is 17.0 Å². The Kier molecular flexibility index (Phi) is 4.18. The second-order valence-corrected chi connectivity index (χ2v) is 5.99. The topological polar surface area (TPSA) is 93.2 Å². The molecule has 7 heteroatoms. The molecular weight excluding hydrogens is 344 g/mol. The summed E-state index contributed by atoms with van der Waals surface area (Å²) >= 11 is 0. The van der Waals surface area contributed by atoms with E-state index in [1.54, 1.807) is 35.3 Å². The third-order valence-electron chi connectivity index (χ3n) is 4.15. The Hall–Kier alpha value is -3.87. The van der Waals surface area contributed by atoms with Crippen LogP contribution in [0.25, 0.3) is 17.0 Å². The van der Waals surface area contributed by atoms with E-state index in [1.165, 1.54) is 0 Å². The highest BCUT2D eigenvalue weighted by Crippen LogP contribution is 2.27. The number of aromatic nitrogens is 3. The van der Waals surface area contributed by atoms with Gasteiger partial charge in [0.2, 0.25) is 0 Å². The van der Waals surface area contributed by atoms with Crippen LogP contribution >= 0.6 is 0 Å². The van der Waals surface area contributed by atoms with Gasteiger partial charge < -0.3 is 14.8 Å². The Balaban J connectivity index is 1.55. The molecule has 0 aliphatic heterocycles. The Bertz CT molecular complexity index is 1080. The van der Waals surface area contributed by atoms with Gasteiger partial charge in [0.15, 0.2) is 5.76 Å². The van der Waals surface area contributed by atoms with Gasteiger partial charge in [-0.15, -0.1) is 0 Å². The van der Waals surface area contributed by atoms with Gasteiger partial charge in [-0.1, -0.05) is 6.07 Å². The number of nitrogens with one attached hydrogen (secondary N) is 1. The molecule has 27 heavy (non-hydrogen) atoms. The molecule has 0 aliphatic rings. The van der Waals surface area contributed by atoms with Crippen molar-refractivity contribution in [1.29, 1.82) is 0 Å². The Labute approximate surface area is 154 Å². The highest BCUT2D eigenvalue weighted by Gasteiger charge is 2.10. The molecule has 4 aromatic rings. The van der Waals surface area contributed by atoms with Crippen LogP contribution < -0.4 is 5.32 Å². The number of carbonyl (C=O) groups is 1. The lowest BCUT2D eigenvalue weighted by Gasteiger charge is -2.07. The molecule has 0 radical (unpaired) electrons. The summed E-state index contributed by atoms with van der Waals surface area (Å²) in [5.74, 6) is -0.375. The summed E-state index contributed by atoms with van der Waals surface area (Å²) in [6.07, 6.45) is 5.23. The van der Waals surface area contributed by atoms with Crippen LogP contribution in [0.1, 0.15) is 15.9 Å². The van der Waals surface area contributed by atoms with Crippen LogP contribution in [0.3, 0.4) is 0 Å². The monoisotopic (exact) mass is 360 g/mol. The minimum atomic E-state index is -0.983. The number of aromatic carboxylic acids is 1. The highest BCUT2D eigenvalue weighted by molar-refractivity contribution is 5.89. The van der Waals surface area contributed by atoms with Crippen LogP contribution in [0.5, 0.6) is 0 Å². The van der Waals surface area contributed by atoms with Gasteiger partial charge in [-0.25, -0.2) is 14.5 Å². The minimum absolute atomic E-state index is 0.198. The first kappa shape index (κ1) is 16.6. The van der Waals surface area contributed by atoms with Crippen LogP contribution in [0, 0.1) is 6.92 Å². The molecule has 0 saturated heterocycles. The Morgan fingerprint density at radius 2 is 2.00 bits per heavy atom. The normalized spacial score (nSPS) is 10.7. The van der Waals surface area contributed by atoms with Gasteiger partial charge in [-0.3, -0.25) is 0 Å². The largest absolute Gasteiger partial charge is 0.478 e. The number of nitrogens with zero attached hydrogens (tertiary/aromatic N) is 3. The number of carboxylic acid groups (broad SMARTS) is 1. The average molecular weight is 360 g/mol. The van der Waals surface area contributed by atoms with E-state index in [0.717, 1.165) is 16.8 Å². The van der Waals surface area contributed by atoms with E-state index >= 15 is 0 Å². The van der Waals surface area contributed by atoms with Crippen molar-refractivity contribution < 1.29 is 14.3 Å². The molecule has 2 N–H and O–H groups in total. The molecule has 4 rings (SSSR count). The average Bonchev–Trinajstić information content (AvgIpc) is 3.35. The smallest absolute Gasteiger partial charge is 0.335 e. The predicted molar refractivity (Wildman–Crippen MR) is 100 cm³/mol. The summed E-state index contributed by atoms with van der Waals surface area (Å²) in [5, 5.41) is 16.4. The summed E-state index contributed by atoms with van der Waals surface area (Å²) in [6, 6.07) is 14.8. The second-order valence-electron chi connectivity index (χ2n) is 5.99. The summed E-state index contributed by atoms with van der Waals surface area (Å²) < 4.78 is 7.54. The minimum Gasteiger partial charge on any atom is -0.478 e. The highest BCUT2D eigenvalue weighted by atomic mass is 16.4. The van der Waals surface area contributed by atoms with E-state index in [0.29, 0.717) is 17.5 Å². The summed E-state index contributed by atoms with van der Waals surface area (Å²) in [5.41, 5.74) is 3.55. The van der Waals surface area contributed by atoms with Gasteiger partial charge in [-0.05, 0) is 55.0 Å². The van der Waals surface area contributed by atoms with Crippen LogP contribution in [-0.2, 0) is 0 Å². The number of anilines is 2. The van der Waals surface area contributed by atoms with E-state index < -0.39 is 5.97 Å². The van der Waals surface area contributed by atoms with Gasteiger partial charge in [-0.2, -0.15) is 5.10 Å². The number of hydrogen-bond donors (Lipinski definition) is 2. The van der Waals surface area contributed by atoms with E-state index in [-0.39, 0.29) is 5.56 Å². The maximum Gasteiger partial charge on any atom is 0.335 e. The molecule has 0 fully saturated rings. The lowest BCUT2D eigenvalue weighted by Crippen LogP contribution is -1.99. The van der Waals surface area contributed by atoms with Gasteiger partial charge in [0, 0.05) is 23.6 Å². The standard InChI is InChI=1S/C20H16N4O3/c1-13-3-4-15(19(25)26)11-17(13)23-20-21-12-18(27-20)14-5-7-16(8-6-14)24-10-2-9-22-24/h2-12H,1H3,(H,21,23)(H,25,26). The molecule has 2 heterocycles. The first-order chi connectivity index (χ1) is 13.1. The van der Waals surface area contributed by atoms with Crippen molar-refractivity contribution in [3.05, 3.63) is 78.2 Å². The third kappa shape index (κ3) is 3.43. The number of aryl methyl sites for hydroxylation is 1. The SMILES string of the molecule is Cc1ccc(C(=O)O)cc1Nc1ncc(-c2ccc(-n3cccn3)cc2)o1. The fourth-order valence-corrected chi connectivity index (χ4v) is 2.67. The van der Waals surface area contributed by atoms with E-state index in [9.17, 15) is 4.79 Å². The molecule has 0 saturated carbocycles. The zero-order chi connectivity index (χ0) is 18.8. The molecule has 0 unspecified atom stereocenters. The number of carboxylic acids is 1. The van der Waals surface area contributed by atoms with Crippen molar-refractivity contribution in [1.82, 2.24) is 14.8 Å². The van der Waals surface area contributed by atoms with Crippen molar-refractivity contribution in [2.24, 2.45) is 0 Å². The molecule has 0 spiro atoms. The van der Waals surface area contributed by atoms with E-state index in [4.69, 9.17) is 9.52 Å². The van der Waals surface area contributed by atoms with Crippen LogP contribution in [0.4, 0.5) is 11.7 Å². The van der Waals surface area contributed by atoms with Crippen molar-refractivity contribution in [2.75, 3.05) is 5.32 Å². The quantitative estimate of drug-likeness (QED) is 0.552. The second kappa shape index (κ2) is 6.80. The molecule has 7 nitrogen and oxygen atoms in total. The molecule has 2 aromatic heterocycles. The van der Waals surface area contributed by atoms with Crippen molar-refractivity contribution in [2.45, 2.75) is 6.92 Å². The van der Waals surface area contributed by atoms with Gasteiger partial charge in [0.05, 0.1) is 17.4 Å². The number of benzene rings is 2. The zero-order valence-electron chi connectivity index (χ0n) is 14.5. The maximum atomic E-state index is 11.1. The Morgan fingerprint density at radius 3 is 2.70 bits per heavy atom. The Morgan fingerprint density at radius 1 is 1.19 bits per heavy atom. The summed E-state index contributed by atoms with van der Waals surface area (Å²) in [6.45, 7) is 1.88.